The van der Waals surface area contributed by atoms with Crippen LogP contribution in [0.2, 0.25) is 0 Å². The number of phosphoric acid groups is 1. The lowest BCUT2D eigenvalue weighted by molar-refractivity contribution is -0.161. The molecule has 4 N–H and O–H groups in total. The van der Waals surface area contributed by atoms with Gasteiger partial charge >= 0.3 is 25.7 Å². The maximum atomic E-state index is 12.5. The highest BCUT2D eigenvalue weighted by molar-refractivity contribution is 7.47. The minimum absolute atomic E-state index is 0.0536. The lowest BCUT2D eigenvalue weighted by Gasteiger charge is -2.20. The number of unbranched alkanes of at least 4 members (excludes halogenated alkanes) is 6. The lowest BCUT2D eigenvalue weighted by Crippen LogP contribution is -2.34. The van der Waals surface area contributed by atoms with Gasteiger partial charge in [-0.1, -0.05) is 130 Å². The molecule has 0 aliphatic carbocycles. The number of carbonyl (C=O) groups excluding carboxylic acids is 2. The highest BCUT2D eigenvalue weighted by Gasteiger charge is 2.28. The average molecular weight is 720 g/mol. The minimum Gasteiger partial charge on any atom is -0.480 e. The van der Waals surface area contributed by atoms with Crippen LogP contribution in [0.25, 0.3) is 0 Å². The molecule has 12 heteroatoms. The standard InChI is InChI=1S/C38H58NO10P/c1-3-5-7-9-11-13-15-17-19-21-23-25-27-29-36(40)46-31-34(32-47-50(44,45)48-33-35(39)38(42)43)49-37(41)30-28-26-24-22-20-18-16-14-12-10-8-6-4-2/h5-16,18,20,22,24,34-35H,3-4,17,19,21,23,25-33,39H2,1-2H3,(H,42,43)(H,44,45)/b7-5+,8-6+,11-9+,12-10+,15-13+,16-14+,20-18+,24-22+/t34?,35-/m0/s1. The number of carbonyl (C=O) groups is 3. The normalized spacial score (nSPS) is 15.1. The predicted octanol–water partition coefficient (Wildman–Crippen LogP) is 8.16. The summed E-state index contributed by atoms with van der Waals surface area (Å²) in [7, 11) is -4.74. The van der Waals surface area contributed by atoms with Gasteiger partial charge in [-0.05, 0) is 44.9 Å². The maximum Gasteiger partial charge on any atom is 0.472 e. The average Bonchev–Trinajstić information content (AvgIpc) is 3.09. The second-order valence-electron chi connectivity index (χ2n) is 11.1. The van der Waals surface area contributed by atoms with E-state index >= 15 is 0 Å². The number of aliphatic carboxylic acids is 1. The fourth-order valence-corrected chi connectivity index (χ4v) is 4.58. The molecule has 0 aliphatic heterocycles. The Morgan fingerprint density at radius 2 is 1.08 bits per heavy atom. The molecule has 50 heavy (non-hydrogen) atoms. The van der Waals surface area contributed by atoms with Gasteiger partial charge in [0.1, 0.15) is 12.6 Å². The minimum atomic E-state index is -4.74. The molecule has 2 unspecified atom stereocenters. The fourth-order valence-electron chi connectivity index (χ4n) is 3.80. The van der Waals surface area contributed by atoms with Gasteiger partial charge in [-0.15, -0.1) is 0 Å². The first-order valence-corrected chi connectivity index (χ1v) is 18.9. The fraction of sp³-hybridized carbons (Fsp3) is 0.500. The Morgan fingerprint density at radius 3 is 1.64 bits per heavy atom. The molecule has 0 amide bonds. The summed E-state index contributed by atoms with van der Waals surface area (Å²) < 4.78 is 32.4. The summed E-state index contributed by atoms with van der Waals surface area (Å²) in [6.07, 6.45) is 39.3. The van der Waals surface area contributed by atoms with E-state index in [1.54, 1.807) is 0 Å². The molecule has 0 aromatic carbocycles. The van der Waals surface area contributed by atoms with Gasteiger partial charge in [0.15, 0.2) is 6.10 Å². The van der Waals surface area contributed by atoms with Gasteiger partial charge in [-0.3, -0.25) is 23.4 Å². The number of carboxylic acids is 1. The monoisotopic (exact) mass is 719 g/mol. The number of phosphoric ester groups is 1. The number of allylic oxidation sites excluding steroid dienone is 16. The van der Waals surface area contributed by atoms with Crippen LogP contribution >= 0.6 is 7.82 Å². The molecule has 0 spiro atoms. The van der Waals surface area contributed by atoms with Crippen LogP contribution in [0.3, 0.4) is 0 Å². The van der Waals surface area contributed by atoms with E-state index in [1.165, 1.54) is 0 Å². The van der Waals surface area contributed by atoms with Crippen molar-refractivity contribution in [3.05, 3.63) is 97.2 Å². The molecule has 0 saturated heterocycles. The van der Waals surface area contributed by atoms with Gasteiger partial charge in [0.05, 0.1) is 13.2 Å². The van der Waals surface area contributed by atoms with Crippen molar-refractivity contribution in [2.24, 2.45) is 5.73 Å². The summed E-state index contributed by atoms with van der Waals surface area (Å²) in [6, 6.07) is -1.54. The Labute approximate surface area is 298 Å². The van der Waals surface area contributed by atoms with E-state index in [0.717, 1.165) is 44.9 Å². The molecular weight excluding hydrogens is 661 g/mol. The zero-order valence-corrected chi connectivity index (χ0v) is 30.6. The molecule has 0 bridgehead atoms. The summed E-state index contributed by atoms with van der Waals surface area (Å²) in [5.74, 6) is -2.52. The molecule has 280 valence electrons. The second kappa shape index (κ2) is 32.6. The van der Waals surface area contributed by atoms with Crippen molar-refractivity contribution in [3.8, 4) is 0 Å². The third kappa shape index (κ3) is 31.7. The summed E-state index contributed by atoms with van der Waals surface area (Å²) >= 11 is 0. The van der Waals surface area contributed by atoms with E-state index in [-0.39, 0.29) is 12.8 Å². The van der Waals surface area contributed by atoms with E-state index < -0.39 is 57.7 Å². The van der Waals surface area contributed by atoms with Gasteiger partial charge < -0.3 is 25.2 Å². The van der Waals surface area contributed by atoms with Crippen molar-refractivity contribution in [2.45, 2.75) is 103 Å². The van der Waals surface area contributed by atoms with Gasteiger partial charge in [0.25, 0.3) is 0 Å². The van der Waals surface area contributed by atoms with Crippen LogP contribution < -0.4 is 5.73 Å². The molecule has 3 atom stereocenters. The molecule has 0 aliphatic rings. The highest BCUT2D eigenvalue weighted by atomic mass is 31.2. The largest absolute Gasteiger partial charge is 0.480 e. The van der Waals surface area contributed by atoms with Crippen molar-refractivity contribution in [3.63, 3.8) is 0 Å². The molecule has 0 aromatic heterocycles. The van der Waals surface area contributed by atoms with Gasteiger partial charge in [0.2, 0.25) is 0 Å². The number of rotatable bonds is 30. The van der Waals surface area contributed by atoms with Crippen LogP contribution in [0.15, 0.2) is 97.2 Å². The SMILES string of the molecule is CC/C=C/C=C/C=C/C=C/C=C/CCCC(=O)OC(COC(=O)CCCCCCC/C=C/C=C/C=C/CC)COP(=O)(O)OC[C@H](N)C(=O)O. The van der Waals surface area contributed by atoms with Crippen LogP contribution in [0.4, 0.5) is 0 Å². The Balaban J connectivity index is 4.68. The second-order valence-corrected chi connectivity index (χ2v) is 12.5. The van der Waals surface area contributed by atoms with Crippen LogP contribution in [-0.4, -0.2) is 59.9 Å². The van der Waals surface area contributed by atoms with E-state index in [2.05, 4.69) is 36.6 Å². The van der Waals surface area contributed by atoms with Gasteiger partial charge in [0, 0.05) is 12.8 Å². The first-order valence-electron chi connectivity index (χ1n) is 17.4. The van der Waals surface area contributed by atoms with E-state index in [1.807, 2.05) is 79.0 Å². The van der Waals surface area contributed by atoms with Crippen molar-refractivity contribution in [2.75, 3.05) is 19.8 Å². The summed E-state index contributed by atoms with van der Waals surface area (Å²) in [4.78, 5) is 45.6. The highest BCUT2D eigenvalue weighted by Crippen LogP contribution is 2.43. The van der Waals surface area contributed by atoms with Gasteiger partial charge in [-0.25, -0.2) is 4.57 Å². The molecule has 0 fully saturated rings. The number of carboxylic acid groups (broad SMARTS) is 1. The Morgan fingerprint density at radius 1 is 0.620 bits per heavy atom. The zero-order chi connectivity index (χ0) is 37.1. The van der Waals surface area contributed by atoms with Crippen LogP contribution in [0.5, 0.6) is 0 Å². The van der Waals surface area contributed by atoms with Crippen molar-refractivity contribution in [1.29, 1.82) is 0 Å². The molecule has 0 rings (SSSR count). The summed E-state index contributed by atoms with van der Waals surface area (Å²) in [5.41, 5.74) is 5.30. The van der Waals surface area contributed by atoms with Crippen LogP contribution in [-0.2, 0) is 37.5 Å². The van der Waals surface area contributed by atoms with Crippen molar-refractivity contribution in [1.82, 2.24) is 0 Å². The van der Waals surface area contributed by atoms with Crippen molar-refractivity contribution < 1.29 is 47.5 Å². The summed E-state index contributed by atoms with van der Waals surface area (Å²) in [5, 5.41) is 8.84. The number of esters is 2. The van der Waals surface area contributed by atoms with Gasteiger partial charge in [-0.2, -0.15) is 0 Å². The quantitative estimate of drug-likeness (QED) is 0.0283. The Bertz CT molecular complexity index is 1220. The molecule has 11 nitrogen and oxygen atoms in total. The van der Waals surface area contributed by atoms with Crippen LogP contribution in [0.1, 0.15) is 90.9 Å². The molecule has 0 saturated carbocycles. The van der Waals surface area contributed by atoms with E-state index in [0.29, 0.717) is 19.3 Å². The maximum absolute atomic E-state index is 12.5. The molecular formula is C38H58NO10P. The van der Waals surface area contributed by atoms with E-state index in [9.17, 15) is 23.8 Å². The third-order valence-corrected chi connectivity index (χ3v) is 7.47. The topological polar surface area (TPSA) is 172 Å². The predicted molar refractivity (Wildman–Crippen MR) is 198 cm³/mol. The zero-order valence-electron chi connectivity index (χ0n) is 29.7. The molecule has 0 aromatic rings. The molecule has 0 heterocycles. The third-order valence-electron chi connectivity index (χ3n) is 6.52. The van der Waals surface area contributed by atoms with E-state index in [4.69, 9.17) is 24.8 Å². The Hall–Kier alpha value is -3.60. The Kier molecular flexibility index (Phi) is 30.2. The smallest absolute Gasteiger partial charge is 0.472 e. The lowest BCUT2D eigenvalue weighted by atomic mass is 10.1. The number of hydrogen-bond acceptors (Lipinski definition) is 9. The first kappa shape index (κ1) is 46.4. The summed E-state index contributed by atoms with van der Waals surface area (Å²) in [6.45, 7) is 2.37. The first-order chi connectivity index (χ1) is 24.1. The number of nitrogens with two attached hydrogens (primary N) is 1. The number of hydrogen-bond donors (Lipinski definition) is 3. The van der Waals surface area contributed by atoms with Crippen LogP contribution in [0, 0.1) is 0 Å². The molecule has 0 radical (unpaired) electrons. The number of ether oxygens (including phenoxy) is 2. The van der Waals surface area contributed by atoms with Crippen molar-refractivity contribution >= 4 is 25.7 Å².